The van der Waals surface area contributed by atoms with Gasteiger partial charge in [0.15, 0.2) is 0 Å². The highest BCUT2D eigenvalue weighted by Crippen LogP contribution is 2.34. The van der Waals surface area contributed by atoms with Crippen molar-refractivity contribution < 1.29 is 19.2 Å². The van der Waals surface area contributed by atoms with Gasteiger partial charge in [-0.05, 0) is 36.8 Å². The van der Waals surface area contributed by atoms with Crippen molar-refractivity contribution >= 4 is 17.6 Å². The SMILES string of the molecule is CCOC(=O)C1(c2ccc([N+](=O)[O-])cc2)COC(c2ccccc2)=N1. The first-order valence-electron chi connectivity index (χ1n) is 7.77. The molecule has 0 aromatic heterocycles. The molecule has 0 bridgehead atoms. The van der Waals surface area contributed by atoms with E-state index in [1.165, 1.54) is 24.3 Å². The Hall–Kier alpha value is -3.22. The van der Waals surface area contributed by atoms with Gasteiger partial charge in [-0.15, -0.1) is 0 Å². The summed E-state index contributed by atoms with van der Waals surface area (Å²) in [4.78, 5) is 27.5. The number of benzene rings is 2. The number of hydrogen-bond acceptors (Lipinski definition) is 6. The van der Waals surface area contributed by atoms with Crippen LogP contribution < -0.4 is 0 Å². The van der Waals surface area contributed by atoms with Crippen LogP contribution in [0.4, 0.5) is 5.69 Å². The fourth-order valence-corrected chi connectivity index (χ4v) is 2.62. The summed E-state index contributed by atoms with van der Waals surface area (Å²) in [5, 5.41) is 10.8. The molecule has 1 heterocycles. The average Bonchev–Trinajstić information content (AvgIpc) is 3.09. The maximum absolute atomic E-state index is 12.6. The van der Waals surface area contributed by atoms with Gasteiger partial charge in [0.2, 0.25) is 11.4 Å². The normalized spacial score (nSPS) is 19.0. The number of nitro groups is 1. The first-order valence-corrected chi connectivity index (χ1v) is 7.77. The first-order chi connectivity index (χ1) is 12.1. The van der Waals surface area contributed by atoms with Crippen LogP contribution in [0.1, 0.15) is 18.1 Å². The maximum atomic E-state index is 12.6. The van der Waals surface area contributed by atoms with Crippen LogP contribution in [0.15, 0.2) is 59.6 Å². The van der Waals surface area contributed by atoms with Gasteiger partial charge in [0.05, 0.1) is 11.5 Å². The van der Waals surface area contributed by atoms with Crippen LogP contribution in [0.2, 0.25) is 0 Å². The van der Waals surface area contributed by atoms with E-state index in [1.54, 1.807) is 6.92 Å². The average molecular weight is 340 g/mol. The molecule has 128 valence electrons. The summed E-state index contributed by atoms with van der Waals surface area (Å²) in [5.74, 6) is -0.207. The van der Waals surface area contributed by atoms with Gasteiger partial charge in [0.25, 0.3) is 5.69 Å². The minimum absolute atomic E-state index is 0.0200. The second-order valence-corrected chi connectivity index (χ2v) is 5.46. The van der Waals surface area contributed by atoms with Crippen molar-refractivity contribution in [1.29, 1.82) is 0 Å². The van der Waals surface area contributed by atoms with E-state index in [0.29, 0.717) is 11.5 Å². The van der Waals surface area contributed by atoms with Gasteiger partial charge < -0.3 is 9.47 Å². The molecule has 1 unspecified atom stereocenters. The first kappa shape index (κ1) is 16.6. The Bertz CT molecular complexity index is 817. The molecular weight excluding hydrogens is 324 g/mol. The number of nitro benzene ring substituents is 1. The lowest BCUT2D eigenvalue weighted by Crippen LogP contribution is -2.37. The minimum atomic E-state index is -1.36. The van der Waals surface area contributed by atoms with E-state index in [9.17, 15) is 14.9 Å². The van der Waals surface area contributed by atoms with Crippen molar-refractivity contribution in [2.45, 2.75) is 12.5 Å². The number of hydrogen-bond donors (Lipinski definition) is 0. The number of rotatable bonds is 5. The van der Waals surface area contributed by atoms with E-state index in [1.807, 2.05) is 30.3 Å². The molecule has 0 saturated carbocycles. The van der Waals surface area contributed by atoms with Crippen LogP contribution in [0.3, 0.4) is 0 Å². The van der Waals surface area contributed by atoms with Crippen LogP contribution >= 0.6 is 0 Å². The van der Waals surface area contributed by atoms with Crippen LogP contribution in [0, 0.1) is 10.1 Å². The third-order valence-corrected chi connectivity index (χ3v) is 3.90. The highest BCUT2D eigenvalue weighted by Gasteiger charge is 2.47. The third kappa shape index (κ3) is 3.08. The summed E-state index contributed by atoms with van der Waals surface area (Å²) in [6.07, 6.45) is 0. The van der Waals surface area contributed by atoms with E-state index >= 15 is 0 Å². The lowest BCUT2D eigenvalue weighted by atomic mass is 9.91. The van der Waals surface area contributed by atoms with Crippen molar-refractivity contribution in [1.82, 2.24) is 0 Å². The molecule has 1 aliphatic rings. The number of aliphatic imine (C=N–C) groups is 1. The Morgan fingerprint density at radius 3 is 2.52 bits per heavy atom. The zero-order valence-corrected chi connectivity index (χ0v) is 13.5. The zero-order chi connectivity index (χ0) is 17.9. The molecule has 1 aliphatic heterocycles. The number of non-ortho nitro benzene ring substituents is 1. The predicted molar refractivity (Wildman–Crippen MR) is 90.3 cm³/mol. The summed E-state index contributed by atoms with van der Waals surface area (Å²) >= 11 is 0. The quantitative estimate of drug-likeness (QED) is 0.474. The van der Waals surface area contributed by atoms with Crippen LogP contribution in [0.25, 0.3) is 0 Å². The number of carbonyl (C=O) groups is 1. The minimum Gasteiger partial charge on any atom is -0.474 e. The predicted octanol–water partition coefficient (Wildman–Crippen LogP) is 2.83. The molecule has 1 atom stereocenters. The topological polar surface area (TPSA) is 91.0 Å². The molecule has 25 heavy (non-hydrogen) atoms. The van der Waals surface area contributed by atoms with Gasteiger partial charge in [-0.3, -0.25) is 10.1 Å². The summed E-state index contributed by atoms with van der Waals surface area (Å²) in [7, 11) is 0. The Kier molecular flexibility index (Phi) is 4.47. The van der Waals surface area contributed by atoms with Crippen LogP contribution in [-0.4, -0.2) is 30.0 Å². The van der Waals surface area contributed by atoms with Crippen molar-refractivity contribution in [3.05, 3.63) is 75.8 Å². The summed E-state index contributed by atoms with van der Waals surface area (Å²) < 4.78 is 10.9. The van der Waals surface area contributed by atoms with Gasteiger partial charge >= 0.3 is 5.97 Å². The van der Waals surface area contributed by atoms with Gasteiger partial charge in [-0.2, -0.15) is 0 Å². The van der Waals surface area contributed by atoms with E-state index in [0.717, 1.165) is 5.56 Å². The number of ether oxygens (including phenoxy) is 2. The second-order valence-electron chi connectivity index (χ2n) is 5.46. The van der Waals surface area contributed by atoms with E-state index < -0.39 is 16.4 Å². The fourth-order valence-electron chi connectivity index (χ4n) is 2.62. The molecule has 0 aliphatic carbocycles. The lowest BCUT2D eigenvalue weighted by Gasteiger charge is -2.22. The number of esters is 1. The molecule has 0 fully saturated rings. The molecule has 3 rings (SSSR count). The second kappa shape index (κ2) is 6.72. The monoisotopic (exact) mass is 340 g/mol. The molecule has 7 nitrogen and oxygen atoms in total. The van der Waals surface area contributed by atoms with Gasteiger partial charge in [0, 0.05) is 17.7 Å². The Morgan fingerprint density at radius 1 is 1.24 bits per heavy atom. The smallest absolute Gasteiger partial charge is 0.342 e. The van der Waals surface area contributed by atoms with Crippen molar-refractivity contribution in [2.24, 2.45) is 4.99 Å². The van der Waals surface area contributed by atoms with Crippen molar-refractivity contribution in [3.63, 3.8) is 0 Å². The number of nitrogens with zero attached hydrogens (tertiary/aromatic N) is 2. The van der Waals surface area contributed by atoms with Crippen LogP contribution in [-0.2, 0) is 19.8 Å². The summed E-state index contributed by atoms with van der Waals surface area (Å²) in [6.45, 7) is 1.89. The largest absolute Gasteiger partial charge is 0.474 e. The Morgan fingerprint density at radius 2 is 1.92 bits per heavy atom. The van der Waals surface area contributed by atoms with Crippen molar-refractivity contribution in [3.8, 4) is 0 Å². The third-order valence-electron chi connectivity index (χ3n) is 3.90. The Balaban J connectivity index is 2.05. The van der Waals surface area contributed by atoms with Gasteiger partial charge in [-0.1, -0.05) is 18.2 Å². The van der Waals surface area contributed by atoms with E-state index in [2.05, 4.69) is 4.99 Å². The lowest BCUT2D eigenvalue weighted by molar-refractivity contribution is -0.384. The molecule has 0 saturated heterocycles. The number of carbonyl (C=O) groups excluding carboxylic acids is 1. The Labute approximate surface area is 144 Å². The van der Waals surface area contributed by atoms with Crippen molar-refractivity contribution in [2.75, 3.05) is 13.2 Å². The molecule has 0 spiro atoms. The van der Waals surface area contributed by atoms with E-state index in [4.69, 9.17) is 9.47 Å². The van der Waals surface area contributed by atoms with Gasteiger partial charge in [0.1, 0.15) is 6.61 Å². The maximum Gasteiger partial charge on any atom is 0.342 e. The highest BCUT2D eigenvalue weighted by atomic mass is 16.6. The molecule has 2 aromatic rings. The molecule has 2 aromatic carbocycles. The molecule has 7 heteroatoms. The zero-order valence-electron chi connectivity index (χ0n) is 13.5. The fraction of sp³-hybridized carbons (Fsp3) is 0.222. The van der Waals surface area contributed by atoms with Gasteiger partial charge in [-0.25, -0.2) is 9.79 Å². The summed E-state index contributed by atoms with van der Waals surface area (Å²) in [5.41, 5.74) is -0.192. The van der Waals surface area contributed by atoms with E-state index in [-0.39, 0.29) is 18.9 Å². The molecule has 0 amide bonds. The molecule has 0 radical (unpaired) electrons. The van der Waals surface area contributed by atoms with Crippen LogP contribution in [0.5, 0.6) is 0 Å². The summed E-state index contributed by atoms with van der Waals surface area (Å²) in [6, 6.07) is 14.9. The highest BCUT2D eigenvalue weighted by molar-refractivity contribution is 5.99. The standard InChI is InChI=1S/C18H16N2O5/c1-2-24-17(21)18(14-8-10-15(11-9-14)20(22)23)12-25-16(19-18)13-6-4-3-5-7-13/h3-11H,2,12H2,1H3. The molecular formula is C18H16N2O5. The molecule has 0 N–H and O–H groups in total.